The van der Waals surface area contributed by atoms with Gasteiger partial charge >= 0.3 is 0 Å². The van der Waals surface area contributed by atoms with E-state index in [-0.39, 0.29) is 23.8 Å². The molecule has 0 aliphatic carbocycles. The van der Waals surface area contributed by atoms with Gasteiger partial charge in [-0.15, -0.1) is 0 Å². The van der Waals surface area contributed by atoms with Crippen molar-refractivity contribution in [1.29, 1.82) is 0 Å². The molecular weight excluding hydrogens is 410 g/mol. The van der Waals surface area contributed by atoms with Crippen molar-refractivity contribution in [1.82, 2.24) is 24.3 Å². The molecule has 2 aromatic heterocycles. The Morgan fingerprint density at radius 1 is 0.969 bits per heavy atom. The third kappa shape index (κ3) is 3.22. The van der Waals surface area contributed by atoms with Crippen molar-refractivity contribution >= 4 is 17.7 Å². The average Bonchev–Trinajstić information content (AvgIpc) is 3.30. The second kappa shape index (κ2) is 7.30. The van der Waals surface area contributed by atoms with E-state index in [0.29, 0.717) is 18.5 Å². The highest BCUT2D eigenvalue weighted by Crippen LogP contribution is 2.31. The average molecular weight is 431 g/mol. The number of nitrogens with one attached hydrogen (secondary N) is 1. The van der Waals surface area contributed by atoms with Gasteiger partial charge in [0.15, 0.2) is 0 Å². The minimum Gasteiger partial charge on any atom is -0.333 e. The molecule has 1 aromatic carbocycles. The first-order valence-electron chi connectivity index (χ1n) is 10.3. The monoisotopic (exact) mass is 431 g/mol. The zero-order valence-electron chi connectivity index (χ0n) is 17.7. The zero-order valence-corrected chi connectivity index (χ0v) is 17.7. The van der Waals surface area contributed by atoms with Gasteiger partial charge in [-0.3, -0.25) is 24.5 Å². The molecule has 4 heterocycles. The molecule has 3 amide bonds. The molecule has 0 spiro atoms. The third-order valence-electron chi connectivity index (χ3n) is 6.04. The van der Waals surface area contributed by atoms with Gasteiger partial charge in [-0.05, 0) is 30.2 Å². The van der Waals surface area contributed by atoms with Crippen LogP contribution in [0, 0.1) is 0 Å². The predicted octanol–water partition coefficient (Wildman–Crippen LogP) is 1.21. The number of imide groups is 1. The van der Waals surface area contributed by atoms with Crippen molar-refractivity contribution in [2.75, 3.05) is 0 Å². The van der Waals surface area contributed by atoms with Crippen LogP contribution >= 0.6 is 0 Å². The zero-order chi connectivity index (χ0) is 22.6. The molecule has 0 radical (unpaired) electrons. The summed E-state index contributed by atoms with van der Waals surface area (Å²) >= 11 is 0. The summed E-state index contributed by atoms with van der Waals surface area (Å²) in [7, 11) is 3.58. The lowest BCUT2D eigenvalue weighted by Gasteiger charge is -2.29. The summed E-state index contributed by atoms with van der Waals surface area (Å²) in [6.07, 6.45) is 4.20. The smallest absolute Gasteiger partial charge is 0.255 e. The van der Waals surface area contributed by atoms with Gasteiger partial charge in [0.25, 0.3) is 5.91 Å². The van der Waals surface area contributed by atoms with Gasteiger partial charge in [-0.2, -0.15) is 0 Å². The van der Waals surface area contributed by atoms with Crippen molar-refractivity contribution < 1.29 is 14.4 Å². The van der Waals surface area contributed by atoms with E-state index in [0.717, 1.165) is 28.2 Å². The van der Waals surface area contributed by atoms with E-state index in [9.17, 15) is 19.2 Å². The molecule has 2 aliphatic heterocycles. The summed E-state index contributed by atoms with van der Waals surface area (Å²) in [5.41, 5.74) is 3.71. The molecule has 32 heavy (non-hydrogen) atoms. The van der Waals surface area contributed by atoms with E-state index < -0.39 is 11.9 Å². The summed E-state index contributed by atoms with van der Waals surface area (Å²) in [4.78, 5) is 54.5. The number of aromatic nitrogens is 3. The van der Waals surface area contributed by atoms with E-state index >= 15 is 0 Å². The maximum absolute atomic E-state index is 12.9. The number of hydrogen-bond donors (Lipinski definition) is 1. The van der Waals surface area contributed by atoms with Crippen molar-refractivity contribution in [2.24, 2.45) is 14.1 Å². The number of pyridine rings is 1. The minimum atomic E-state index is -0.637. The Hall–Kier alpha value is -4.01. The summed E-state index contributed by atoms with van der Waals surface area (Å²) in [6.45, 7) is 0.314. The molecule has 3 aromatic rings. The van der Waals surface area contributed by atoms with Crippen LogP contribution in [0.25, 0.3) is 22.6 Å². The first-order chi connectivity index (χ1) is 15.3. The minimum absolute atomic E-state index is 0.0907. The summed E-state index contributed by atoms with van der Waals surface area (Å²) in [6, 6.07) is 8.15. The van der Waals surface area contributed by atoms with Crippen LogP contribution in [0.4, 0.5) is 0 Å². The maximum atomic E-state index is 12.9. The van der Waals surface area contributed by atoms with E-state index in [1.165, 1.54) is 15.5 Å². The highest BCUT2D eigenvalue weighted by Gasteiger charge is 2.39. The number of amides is 3. The maximum Gasteiger partial charge on any atom is 0.255 e. The number of nitrogens with zero attached hydrogens (tertiary/aromatic N) is 4. The molecule has 9 nitrogen and oxygen atoms in total. The Bertz CT molecular complexity index is 1350. The molecule has 1 N–H and O–H groups in total. The van der Waals surface area contributed by atoms with Crippen LogP contribution in [-0.2, 0) is 30.2 Å². The van der Waals surface area contributed by atoms with Crippen LogP contribution in [0.5, 0.6) is 0 Å². The molecular formula is C23H21N5O4. The van der Waals surface area contributed by atoms with Gasteiger partial charge in [0, 0.05) is 62.2 Å². The van der Waals surface area contributed by atoms with Crippen molar-refractivity contribution in [3.8, 4) is 22.6 Å². The lowest BCUT2D eigenvalue weighted by molar-refractivity contribution is -0.136. The van der Waals surface area contributed by atoms with Gasteiger partial charge < -0.3 is 14.0 Å². The number of rotatable bonds is 3. The fourth-order valence-corrected chi connectivity index (χ4v) is 4.33. The molecule has 1 fully saturated rings. The third-order valence-corrected chi connectivity index (χ3v) is 6.04. The Morgan fingerprint density at radius 3 is 2.50 bits per heavy atom. The highest BCUT2D eigenvalue weighted by molar-refractivity contribution is 6.05. The standard InChI is InChI=1S/C23H21N5O4/c1-26-10-14(4-8-20(26)30)21-24-17(12-27(21)2)13-3-5-16-15(9-13)11-28(23(16)32)18-6-7-19(29)25-22(18)31/h3-5,8-10,12,18H,6-7,11H2,1-2H3,(H,25,29,31). The van der Waals surface area contributed by atoms with Gasteiger partial charge in [0.2, 0.25) is 17.4 Å². The molecule has 2 aliphatic rings. The normalized spacial score (nSPS) is 18.1. The molecule has 5 rings (SSSR count). The van der Waals surface area contributed by atoms with Gasteiger partial charge in [0.05, 0.1) is 5.69 Å². The van der Waals surface area contributed by atoms with Crippen LogP contribution in [0.1, 0.15) is 28.8 Å². The summed E-state index contributed by atoms with van der Waals surface area (Å²) in [5, 5.41) is 2.32. The van der Waals surface area contributed by atoms with Crippen molar-refractivity contribution in [2.45, 2.75) is 25.4 Å². The molecule has 0 saturated carbocycles. The van der Waals surface area contributed by atoms with Crippen LogP contribution in [-0.4, -0.2) is 42.8 Å². The Labute approximate surface area is 183 Å². The van der Waals surface area contributed by atoms with Gasteiger partial charge in [-0.25, -0.2) is 4.98 Å². The quantitative estimate of drug-likeness (QED) is 0.628. The molecule has 1 atom stereocenters. The molecule has 0 bridgehead atoms. The Balaban J connectivity index is 1.45. The topological polar surface area (TPSA) is 106 Å². The molecule has 9 heteroatoms. The van der Waals surface area contributed by atoms with E-state index in [2.05, 4.69) is 5.32 Å². The molecule has 1 saturated heterocycles. The number of imidazole rings is 1. The number of piperidine rings is 1. The second-order valence-electron chi connectivity index (χ2n) is 8.20. The summed E-state index contributed by atoms with van der Waals surface area (Å²) < 4.78 is 3.40. The first-order valence-corrected chi connectivity index (χ1v) is 10.3. The molecule has 162 valence electrons. The van der Waals surface area contributed by atoms with Crippen LogP contribution in [0.15, 0.2) is 47.5 Å². The van der Waals surface area contributed by atoms with Crippen molar-refractivity contribution in [3.05, 3.63) is 64.2 Å². The number of fused-ring (bicyclic) bond motifs is 1. The van der Waals surface area contributed by atoms with E-state index in [1.54, 1.807) is 25.4 Å². The number of carbonyl (C=O) groups excluding carboxylic acids is 3. The largest absolute Gasteiger partial charge is 0.333 e. The van der Waals surface area contributed by atoms with Crippen LogP contribution < -0.4 is 10.9 Å². The number of aryl methyl sites for hydroxylation is 2. The van der Waals surface area contributed by atoms with Crippen LogP contribution in [0.2, 0.25) is 0 Å². The van der Waals surface area contributed by atoms with E-state index in [4.69, 9.17) is 4.98 Å². The lowest BCUT2D eigenvalue weighted by atomic mass is 10.0. The Kier molecular flexibility index (Phi) is 4.54. The predicted molar refractivity (Wildman–Crippen MR) is 115 cm³/mol. The number of carbonyl (C=O) groups is 3. The Morgan fingerprint density at radius 2 is 1.75 bits per heavy atom. The summed E-state index contributed by atoms with van der Waals surface area (Å²) in [5.74, 6) is -0.207. The fraction of sp³-hybridized carbons (Fsp3) is 0.261. The number of hydrogen-bond acceptors (Lipinski definition) is 5. The van der Waals surface area contributed by atoms with Gasteiger partial charge in [0.1, 0.15) is 11.9 Å². The SMILES string of the molecule is Cn1cc(-c2ccc3c(c2)CN(C2CCC(=O)NC2=O)C3=O)nc1-c1ccc(=O)n(C)c1. The number of benzene rings is 1. The highest BCUT2D eigenvalue weighted by atomic mass is 16.2. The lowest BCUT2D eigenvalue weighted by Crippen LogP contribution is -2.52. The fourth-order valence-electron chi connectivity index (χ4n) is 4.33. The van der Waals surface area contributed by atoms with Crippen molar-refractivity contribution in [3.63, 3.8) is 0 Å². The van der Waals surface area contributed by atoms with Gasteiger partial charge in [-0.1, -0.05) is 6.07 Å². The van der Waals surface area contributed by atoms with E-state index in [1.807, 2.05) is 29.9 Å². The second-order valence-corrected chi connectivity index (χ2v) is 8.20. The first kappa shape index (κ1) is 19.9. The molecule has 1 unspecified atom stereocenters. The van der Waals surface area contributed by atoms with Crippen LogP contribution in [0.3, 0.4) is 0 Å².